The minimum absolute atomic E-state index is 0.0388. The molecule has 0 aliphatic heterocycles. The van der Waals surface area contributed by atoms with Gasteiger partial charge in [-0.05, 0) is 43.3 Å². The predicted molar refractivity (Wildman–Crippen MR) is 98.1 cm³/mol. The van der Waals surface area contributed by atoms with Crippen LogP contribution in [0.3, 0.4) is 0 Å². The molecular weight excluding hydrogens is 354 g/mol. The third-order valence-corrected chi connectivity index (χ3v) is 3.86. The number of aryl methyl sites for hydroxylation is 1. The zero-order valence-electron chi connectivity index (χ0n) is 14.2. The zero-order valence-corrected chi connectivity index (χ0v) is 15.0. The molecule has 7 heteroatoms. The van der Waals surface area contributed by atoms with Crippen molar-refractivity contribution in [2.75, 3.05) is 13.2 Å². The Bertz CT molecular complexity index is 860. The number of halogens is 1. The van der Waals surface area contributed by atoms with E-state index in [1.807, 2.05) is 43.3 Å². The molecule has 1 aromatic heterocycles. The minimum atomic E-state index is -0.206. The Labute approximate surface area is 156 Å². The Hall–Kier alpha value is -2.86. The number of rotatable bonds is 7. The van der Waals surface area contributed by atoms with Crippen LogP contribution in [-0.4, -0.2) is 29.3 Å². The van der Waals surface area contributed by atoms with E-state index in [4.69, 9.17) is 20.8 Å². The van der Waals surface area contributed by atoms with Crippen LogP contribution in [0.1, 0.15) is 11.5 Å². The average molecular weight is 372 g/mol. The third kappa shape index (κ3) is 5.07. The molecule has 2 aromatic carbocycles. The first-order valence-corrected chi connectivity index (χ1v) is 8.52. The Balaban J connectivity index is 1.42. The molecule has 0 unspecified atom stereocenters. The molecule has 0 aliphatic carbocycles. The van der Waals surface area contributed by atoms with Gasteiger partial charge in [-0.25, -0.2) is 0 Å². The smallest absolute Gasteiger partial charge is 0.257 e. The number of carbonyl (C=O) groups is 1. The minimum Gasteiger partial charge on any atom is -0.484 e. The number of ether oxygens (including phenoxy) is 1. The van der Waals surface area contributed by atoms with Gasteiger partial charge in [0.25, 0.3) is 5.91 Å². The number of benzene rings is 2. The molecule has 0 bridgehead atoms. The van der Waals surface area contributed by atoms with Crippen LogP contribution in [-0.2, 0) is 11.2 Å². The second kappa shape index (κ2) is 8.49. The van der Waals surface area contributed by atoms with Crippen molar-refractivity contribution in [3.8, 4) is 17.2 Å². The summed E-state index contributed by atoms with van der Waals surface area (Å²) in [6.07, 6.45) is 0.441. The van der Waals surface area contributed by atoms with Crippen molar-refractivity contribution >= 4 is 17.5 Å². The van der Waals surface area contributed by atoms with Crippen molar-refractivity contribution in [2.24, 2.45) is 0 Å². The number of aromatic nitrogens is 2. The highest BCUT2D eigenvalue weighted by Gasteiger charge is 2.09. The van der Waals surface area contributed by atoms with E-state index >= 15 is 0 Å². The van der Waals surface area contributed by atoms with Crippen LogP contribution in [0.5, 0.6) is 5.75 Å². The van der Waals surface area contributed by atoms with E-state index < -0.39 is 0 Å². The fourth-order valence-electron chi connectivity index (χ4n) is 2.21. The molecule has 3 aromatic rings. The standard InChI is InChI=1S/C19H18ClN3O3/c1-13-2-8-16(9-3-13)25-12-17(24)21-11-10-18-22-23-19(26-18)14-4-6-15(20)7-5-14/h2-9H,10-12H2,1H3,(H,21,24). The van der Waals surface area contributed by atoms with Crippen LogP contribution in [0.25, 0.3) is 11.5 Å². The summed E-state index contributed by atoms with van der Waals surface area (Å²) in [5.74, 6) is 1.33. The Morgan fingerprint density at radius 3 is 2.58 bits per heavy atom. The summed E-state index contributed by atoms with van der Waals surface area (Å²) in [5, 5.41) is 11.4. The summed E-state index contributed by atoms with van der Waals surface area (Å²) in [4.78, 5) is 11.8. The lowest BCUT2D eigenvalue weighted by atomic mass is 10.2. The Morgan fingerprint density at radius 2 is 1.85 bits per heavy atom. The lowest BCUT2D eigenvalue weighted by molar-refractivity contribution is -0.123. The van der Waals surface area contributed by atoms with Crippen molar-refractivity contribution in [1.82, 2.24) is 15.5 Å². The first kappa shape index (κ1) is 17.9. The van der Waals surface area contributed by atoms with Crippen molar-refractivity contribution < 1.29 is 13.9 Å². The number of hydrogen-bond donors (Lipinski definition) is 1. The quantitative estimate of drug-likeness (QED) is 0.688. The maximum atomic E-state index is 11.8. The monoisotopic (exact) mass is 371 g/mol. The average Bonchev–Trinajstić information content (AvgIpc) is 3.11. The molecule has 134 valence electrons. The first-order chi connectivity index (χ1) is 12.6. The number of carbonyl (C=O) groups excluding carboxylic acids is 1. The SMILES string of the molecule is Cc1ccc(OCC(=O)NCCc2nnc(-c3ccc(Cl)cc3)o2)cc1. The van der Waals surface area contributed by atoms with Crippen LogP contribution in [0.15, 0.2) is 52.9 Å². The van der Waals surface area contributed by atoms with Gasteiger partial charge in [0.15, 0.2) is 6.61 Å². The van der Waals surface area contributed by atoms with Gasteiger partial charge in [0.1, 0.15) is 5.75 Å². The van der Waals surface area contributed by atoms with Crippen molar-refractivity contribution in [1.29, 1.82) is 0 Å². The van der Waals surface area contributed by atoms with Crippen LogP contribution in [0.2, 0.25) is 5.02 Å². The van der Waals surface area contributed by atoms with Gasteiger partial charge in [0, 0.05) is 23.6 Å². The fraction of sp³-hybridized carbons (Fsp3) is 0.211. The topological polar surface area (TPSA) is 77.2 Å². The lowest BCUT2D eigenvalue weighted by Gasteiger charge is -2.06. The molecule has 3 rings (SSSR count). The van der Waals surface area contributed by atoms with E-state index in [-0.39, 0.29) is 12.5 Å². The molecule has 1 N–H and O–H groups in total. The lowest BCUT2D eigenvalue weighted by Crippen LogP contribution is -2.30. The largest absolute Gasteiger partial charge is 0.484 e. The Morgan fingerprint density at radius 1 is 1.12 bits per heavy atom. The van der Waals surface area contributed by atoms with E-state index in [1.54, 1.807) is 12.1 Å². The van der Waals surface area contributed by atoms with E-state index in [9.17, 15) is 4.79 Å². The highest BCUT2D eigenvalue weighted by Crippen LogP contribution is 2.20. The van der Waals surface area contributed by atoms with Gasteiger partial charge < -0.3 is 14.5 Å². The van der Waals surface area contributed by atoms with E-state index in [1.165, 1.54) is 0 Å². The maximum absolute atomic E-state index is 11.8. The first-order valence-electron chi connectivity index (χ1n) is 8.14. The van der Waals surface area contributed by atoms with Gasteiger partial charge in [-0.2, -0.15) is 0 Å². The van der Waals surface area contributed by atoms with Crippen LogP contribution < -0.4 is 10.1 Å². The van der Waals surface area contributed by atoms with Crippen molar-refractivity contribution in [2.45, 2.75) is 13.3 Å². The van der Waals surface area contributed by atoms with Gasteiger partial charge in [-0.3, -0.25) is 4.79 Å². The Kier molecular flexibility index (Phi) is 5.86. The van der Waals surface area contributed by atoms with Crippen molar-refractivity contribution in [3.05, 3.63) is 65.0 Å². The molecule has 1 heterocycles. The molecule has 0 atom stereocenters. The summed E-state index contributed by atoms with van der Waals surface area (Å²) in [6, 6.07) is 14.7. The van der Waals surface area contributed by atoms with Gasteiger partial charge in [0.05, 0.1) is 0 Å². The van der Waals surface area contributed by atoms with Gasteiger partial charge in [0.2, 0.25) is 11.8 Å². The van der Waals surface area contributed by atoms with Crippen LogP contribution in [0, 0.1) is 6.92 Å². The van der Waals surface area contributed by atoms with E-state index in [0.29, 0.717) is 35.5 Å². The molecule has 1 amide bonds. The molecule has 6 nitrogen and oxygen atoms in total. The van der Waals surface area contributed by atoms with E-state index in [2.05, 4.69) is 15.5 Å². The van der Waals surface area contributed by atoms with Crippen molar-refractivity contribution in [3.63, 3.8) is 0 Å². The van der Waals surface area contributed by atoms with Crippen LogP contribution in [0.4, 0.5) is 0 Å². The highest BCUT2D eigenvalue weighted by atomic mass is 35.5. The molecule has 26 heavy (non-hydrogen) atoms. The molecule has 0 saturated heterocycles. The third-order valence-electron chi connectivity index (χ3n) is 3.61. The summed E-state index contributed by atoms with van der Waals surface area (Å²) >= 11 is 5.86. The van der Waals surface area contributed by atoms with Gasteiger partial charge in [-0.15, -0.1) is 10.2 Å². The zero-order chi connectivity index (χ0) is 18.4. The number of nitrogens with zero attached hydrogens (tertiary/aromatic N) is 2. The number of hydrogen-bond acceptors (Lipinski definition) is 5. The number of amides is 1. The van der Waals surface area contributed by atoms with Gasteiger partial charge >= 0.3 is 0 Å². The summed E-state index contributed by atoms with van der Waals surface area (Å²) in [7, 11) is 0. The normalized spacial score (nSPS) is 10.5. The number of nitrogens with one attached hydrogen (secondary N) is 1. The second-order valence-electron chi connectivity index (χ2n) is 5.71. The fourth-order valence-corrected chi connectivity index (χ4v) is 2.33. The molecule has 0 fully saturated rings. The second-order valence-corrected chi connectivity index (χ2v) is 6.15. The maximum Gasteiger partial charge on any atom is 0.257 e. The predicted octanol–water partition coefficient (Wildman–Crippen LogP) is 3.44. The molecular formula is C19H18ClN3O3. The summed E-state index contributed by atoms with van der Waals surface area (Å²) < 4.78 is 11.0. The highest BCUT2D eigenvalue weighted by molar-refractivity contribution is 6.30. The summed E-state index contributed by atoms with van der Waals surface area (Å²) in [5.41, 5.74) is 1.93. The summed E-state index contributed by atoms with van der Waals surface area (Å²) in [6.45, 7) is 2.34. The van der Waals surface area contributed by atoms with Gasteiger partial charge in [-0.1, -0.05) is 29.3 Å². The van der Waals surface area contributed by atoms with E-state index in [0.717, 1.165) is 11.1 Å². The molecule has 0 spiro atoms. The van der Waals surface area contributed by atoms with Crippen LogP contribution >= 0.6 is 11.6 Å². The molecule has 0 saturated carbocycles. The molecule has 0 radical (unpaired) electrons. The molecule has 0 aliphatic rings.